The fraction of sp³-hybridized carbons (Fsp3) is 0.667. The van der Waals surface area contributed by atoms with Crippen molar-refractivity contribution >= 4 is 24.7 Å². The number of aliphatic hydroxyl groups is 4. The molecule has 14 nitrogen and oxygen atoms in total. The average Bonchev–Trinajstić information content (AvgIpc) is 3.35. The summed E-state index contributed by atoms with van der Waals surface area (Å²) in [6, 6.07) is 8.98. The lowest BCUT2D eigenvalue weighted by molar-refractivity contribution is -0.273. The van der Waals surface area contributed by atoms with Gasteiger partial charge in [0, 0.05) is 19.0 Å². The SMILES string of the molecule is C[C@H](CCCCC(=O)OC[C@H]1O[C@@H](n2ccc3ccccc32)[C@H](O)[C@@H](OP(=O)(O)O)[C@@H]1O)O[C@@H]1O[C@@H](C)[C@H](O)C[C@H]1O. The molecule has 0 spiro atoms. The molecule has 1 aromatic heterocycles. The first kappa shape index (κ1) is 33.0. The van der Waals surface area contributed by atoms with Crippen LogP contribution in [0.25, 0.3) is 10.9 Å². The summed E-state index contributed by atoms with van der Waals surface area (Å²) >= 11 is 0. The molecule has 0 unspecified atom stereocenters. The monoisotopic (exact) mass is 617 g/mol. The zero-order valence-corrected chi connectivity index (χ0v) is 24.3. The standard InChI is InChI=1S/C27H40NO13P/c1-15(38-27-20(30)13-19(29)16(2)39-27)7-3-6-10-22(31)37-14-21-23(32)25(41-42(34,35)36)24(33)26(40-21)28-12-11-17-8-4-5-9-18(17)28/h4-5,8-9,11-12,15-16,19-21,23-27,29-30,32-33H,3,6-7,10,13-14H2,1-2H3,(H2,34,35,36)/t15-,16+,19-,20-,21-,23-,24-,25+,26-,27-/m1/s1. The van der Waals surface area contributed by atoms with Crippen molar-refractivity contribution in [2.75, 3.05) is 6.61 Å². The Morgan fingerprint density at radius 1 is 1.07 bits per heavy atom. The van der Waals surface area contributed by atoms with Crippen molar-refractivity contribution in [2.45, 2.75) is 107 Å². The van der Waals surface area contributed by atoms with Gasteiger partial charge in [-0.05, 0) is 44.2 Å². The van der Waals surface area contributed by atoms with Gasteiger partial charge in [0.2, 0.25) is 0 Å². The number of nitrogens with zero attached hydrogens (tertiary/aromatic N) is 1. The summed E-state index contributed by atoms with van der Waals surface area (Å²) < 4.78 is 40.4. The van der Waals surface area contributed by atoms with Crippen molar-refractivity contribution in [2.24, 2.45) is 0 Å². The summed E-state index contributed by atoms with van der Waals surface area (Å²) in [6.07, 6.45) is -7.31. The first-order chi connectivity index (χ1) is 19.8. The highest BCUT2D eigenvalue weighted by Gasteiger charge is 2.49. The maximum absolute atomic E-state index is 12.4. The molecule has 2 aromatic rings. The molecular weight excluding hydrogens is 577 g/mol. The van der Waals surface area contributed by atoms with E-state index in [9.17, 15) is 39.6 Å². The Morgan fingerprint density at radius 3 is 2.55 bits per heavy atom. The van der Waals surface area contributed by atoms with E-state index in [2.05, 4.69) is 0 Å². The number of hydrogen-bond donors (Lipinski definition) is 6. The van der Waals surface area contributed by atoms with Crippen LogP contribution in [0.5, 0.6) is 0 Å². The summed E-state index contributed by atoms with van der Waals surface area (Å²) in [7, 11) is -5.11. The minimum absolute atomic E-state index is 0.0536. The van der Waals surface area contributed by atoms with Crippen LogP contribution < -0.4 is 0 Å². The van der Waals surface area contributed by atoms with Crippen molar-refractivity contribution in [1.82, 2.24) is 4.57 Å². The molecule has 6 N–H and O–H groups in total. The van der Waals surface area contributed by atoms with Gasteiger partial charge in [0.05, 0.1) is 23.8 Å². The topological polar surface area (TPSA) is 207 Å². The Hall–Kier alpha value is -1.94. The third kappa shape index (κ3) is 8.36. The molecular formula is C27H40NO13P. The van der Waals surface area contributed by atoms with Gasteiger partial charge in [0.15, 0.2) is 12.5 Å². The summed E-state index contributed by atoms with van der Waals surface area (Å²) in [5, 5.41) is 42.3. The van der Waals surface area contributed by atoms with Crippen LogP contribution in [-0.4, -0.2) is 102 Å². The van der Waals surface area contributed by atoms with E-state index < -0.39 is 75.6 Å². The normalized spacial score (nSPS) is 33.0. The summed E-state index contributed by atoms with van der Waals surface area (Å²) in [4.78, 5) is 31.2. The van der Waals surface area contributed by atoms with E-state index in [0.717, 1.165) is 5.39 Å². The predicted octanol–water partition coefficient (Wildman–Crippen LogP) is 1.10. The Labute approximate surface area is 242 Å². The van der Waals surface area contributed by atoms with Crippen molar-refractivity contribution < 1.29 is 63.0 Å². The van der Waals surface area contributed by atoms with E-state index in [4.69, 9.17) is 23.5 Å². The van der Waals surface area contributed by atoms with E-state index in [1.54, 1.807) is 35.9 Å². The van der Waals surface area contributed by atoms with Crippen molar-refractivity contribution in [3.8, 4) is 0 Å². The highest BCUT2D eigenvalue weighted by Crippen LogP contribution is 2.43. The molecule has 42 heavy (non-hydrogen) atoms. The fourth-order valence-electron chi connectivity index (χ4n) is 5.20. The molecule has 0 amide bonds. The third-order valence-electron chi connectivity index (χ3n) is 7.53. The fourth-order valence-corrected chi connectivity index (χ4v) is 5.77. The molecule has 2 fully saturated rings. The second kappa shape index (κ2) is 14.2. The number of para-hydroxylation sites is 1. The molecule has 1 aromatic carbocycles. The lowest BCUT2D eigenvalue weighted by Gasteiger charge is -2.42. The van der Waals surface area contributed by atoms with E-state index in [-0.39, 0.29) is 18.9 Å². The Balaban J connectivity index is 1.28. The lowest BCUT2D eigenvalue weighted by Crippen LogP contribution is -2.57. The van der Waals surface area contributed by atoms with Gasteiger partial charge < -0.3 is 53.7 Å². The van der Waals surface area contributed by atoms with Gasteiger partial charge in [-0.3, -0.25) is 9.32 Å². The zero-order valence-electron chi connectivity index (χ0n) is 23.4. The second-order valence-corrected chi connectivity index (χ2v) is 12.0. The molecule has 0 radical (unpaired) electrons. The van der Waals surface area contributed by atoms with E-state index in [0.29, 0.717) is 24.8 Å². The van der Waals surface area contributed by atoms with Crippen molar-refractivity contribution in [3.63, 3.8) is 0 Å². The number of phosphoric ester groups is 1. The molecule has 4 rings (SSSR count). The zero-order chi connectivity index (χ0) is 30.6. The predicted molar refractivity (Wildman–Crippen MR) is 146 cm³/mol. The molecule has 2 saturated heterocycles. The molecule has 10 atom stereocenters. The number of aromatic nitrogens is 1. The number of carbonyl (C=O) groups is 1. The van der Waals surface area contributed by atoms with Crippen LogP contribution in [0.4, 0.5) is 0 Å². The molecule has 15 heteroatoms. The van der Waals surface area contributed by atoms with Gasteiger partial charge in [-0.15, -0.1) is 0 Å². The minimum Gasteiger partial charge on any atom is -0.463 e. The van der Waals surface area contributed by atoms with Crippen LogP contribution in [0.2, 0.25) is 0 Å². The number of hydrogen-bond acceptors (Lipinski definition) is 11. The van der Waals surface area contributed by atoms with Crippen molar-refractivity contribution in [1.29, 1.82) is 0 Å². The first-order valence-electron chi connectivity index (χ1n) is 14.0. The molecule has 0 aliphatic carbocycles. The van der Waals surface area contributed by atoms with Gasteiger partial charge in [-0.25, -0.2) is 4.57 Å². The number of unbranched alkanes of at least 4 members (excludes halogenated alkanes) is 1. The van der Waals surface area contributed by atoms with Crippen LogP contribution in [-0.2, 0) is 32.8 Å². The maximum Gasteiger partial charge on any atom is 0.470 e. The van der Waals surface area contributed by atoms with Crippen LogP contribution in [0.15, 0.2) is 36.5 Å². The highest BCUT2D eigenvalue weighted by molar-refractivity contribution is 7.46. The lowest BCUT2D eigenvalue weighted by atomic mass is 9.98. The number of aliphatic hydroxyl groups excluding tert-OH is 4. The smallest absolute Gasteiger partial charge is 0.463 e. The minimum atomic E-state index is -5.11. The molecule has 2 aliphatic heterocycles. The van der Waals surface area contributed by atoms with Gasteiger partial charge >= 0.3 is 13.8 Å². The van der Waals surface area contributed by atoms with Crippen molar-refractivity contribution in [3.05, 3.63) is 36.5 Å². The molecule has 236 valence electrons. The largest absolute Gasteiger partial charge is 0.470 e. The second-order valence-electron chi connectivity index (χ2n) is 10.8. The summed E-state index contributed by atoms with van der Waals surface area (Å²) in [6.45, 7) is 3.08. The quantitative estimate of drug-likeness (QED) is 0.112. The highest BCUT2D eigenvalue weighted by atomic mass is 31.2. The molecule has 2 aliphatic rings. The van der Waals surface area contributed by atoms with Gasteiger partial charge in [0.25, 0.3) is 0 Å². The van der Waals surface area contributed by atoms with Crippen LogP contribution in [0, 0.1) is 0 Å². The van der Waals surface area contributed by atoms with Gasteiger partial charge in [-0.2, -0.15) is 0 Å². The van der Waals surface area contributed by atoms with E-state index in [1.807, 2.05) is 19.1 Å². The Morgan fingerprint density at radius 2 is 1.81 bits per heavy atom. The van der Waals surface area contributed by atoms with E-state index in [1.165, 1.54) is 0 Å². The Bertz CT molecular complexity index is 1220. The number of phosphoric acid groups is 1. The van der Waals surface area contributed by atoms with Gasteiger partial charge in [-0.1, -0.05) is 24.6 Å². The summed E-state index contributed by atoms with van der Waals surface area (Å²) in [5.74, 6) is -0.574. The molecule has 0 saturated carbocycles. The number of fused-ring (bicyclic) bond motifs is 1. The third-order valence-corrected chi connectivity index (χ3v) is 8.05. The average molecular weight is 618 g/mol. The van der Waals surface area contributed by atoms with Crippen LogP contribution in [0.3, 0.4) is 0 Å². The number of benzene rings is 1. The molecule has 3 heterocycles. The van der Waals surface area contributed by atoms with E-state index >= 15 is 0 Å². The Kier molecular flexibility index (Phi) is 11.2. The number of rotatable bonds is 12. The maximum atomic E-state index is 12.4. The first-order valence-corrected chi connectivity index (χ1v) is 15.5. The van der Waals surface area contributed by atoms with Crippen LogP contribution in [0.1, 0.15) is 52.2 Å². The van der Waals surface area contributed by atoms with Crippen LogP contribution >= 0.6 is 7.82 Å². The number of ether oxygens (including phenoxy) is 4. The summed E-state index contributed by atoms with van der Waals surface area (Å²) in [5.41, 5.74) is 0.665. The molecule has 0 bridgehead atoms. The number of carbonyl (C=O) groups excluding carboxylic acids is 1. The number of esters is 1. The van der Waals surface area contributed by atoms with Gasteiger partial charge in [0.1, 0.15) is 37.1 Å².